The maximum absolute atomic E-state index is 12.2. The second-order valence-corrected chi connectivity index (χ2v) is 7.71. The molecule has 0 radical (unpaired) electrons. The van der Waals surface area contributed by atoms with Gasteiger partial charge in [0.15, 0.2) is 6.61 Å². The largest absolute Gasteiger partial charge is 0.476 e. The number of amides is 1. The zero-order valence-electron chi connectivity index (χ0n) is 18.1. The smallest absolute Gasteiger partial charge is 0.406 e. The molecule has 0 bridgehead atoms. The maximum Gasteiger partial charge on any atom is 0.406 e. The Bertz CT molecular complexity index is 1080. The predicted octanol–water partition coefficient (Wildman–Crippen LogP) is 3.33. The van der Waals surface area contributed by atoms with Crippen LogP contribution >= 0.6 is 0 Å². The molecule has 1 aliphatic rings. The average Bonchev–Trinajstić information content (AvgIpc) is 2.84. The fraction of sp³-hybridized carbons (Fsp3) is 0.250. The van der Waals surface area contributed by atoms with Crippen LogP contribution in [-0.4, -0.2) is 53.5 Å². The Labute approximate surface area is 191 Å². The molecule has 1 amide bonds. The number of carbonyl (C=O) groups is 1. The molecule has 0 atom stereocenters. The van der Waals surface area contributed by atoms with Crippen LogP contribution in [0.4, 0.5) is 17.2 Å². The van der Waals surface area contributed by atoms with Crippen molar-refractivity contribution in [3.63, 3.8) is 0 Å². The van der Waals surface area contributed by atoms with Crippen LogP contribution in [0.25, 0.3) is 0 Å². The fourth-order valence-corrected chi connectivity index (χ4v) is 3.73. The summed E-state index contributed by atoms with van der Waals surface area (Å²) in [5.74, 6) is -0.867. The lowest BCUT2D eigenvalue weighted by atomic mass is 10.2. The van der Waals surface area contributed by atoms with Gasteiger partial charge in [-0.3, -0.25) is 9.69 Å². The number of anilines is 2. The van der Waals surface area contributed by atoms with Gasteiger partial charge >= 0.3 is 5.82 Å². The van der Waals surface area contributed by atoms with Gasteiger partial charge in [-0.25, -0.2) is 0 Å². The third-order valence-corrected chi connectivity index (χ3v) is 5.42. The molecular formula is C24H25N5O4. The van der Waals surface area contributed by atoms with Gasteiger partial charge in [0.25, 0.3) is 5.91 Å². The normalized spacial score (nSPS) is 14.0. The number of carbonyl (C=O) groups excluding carboxylic acids is 1. The van der Waals surface area contributed by atoms with E-state index in [2.05, 4.69) is 44.4 Å². The van der Waals surface area contributed by atoms with Crippen LogP contribution in [0.3, 0.4) is 0 Å². The molecule has 1 N–H and O–H groups in total. The quantitative estimate of drug-likeness (QED) is 0.417. The first kappa shape index (κ1) is 22.2. The Morgan fingerprint density at radius 1 is 1.00 bits per heavy atom. The minimum atomic E-state index is -0.645. The van der Waals surface area contributed by atoms with Crippen LogP contribution < -0.4 is 15.0 Å². The van der Waals surface area contributed by atoms with Crippen molar-refractivity contribution in [2.75, 3.05) is 43.0 Å². The summed E-state index contributed by atoms with van der Waals surface area (Å²) in [6.07, 6.45) is 1.30. The number of hydrogen-bond donors (Lipinski definition) is 1. The summed E-state index contributed by atoms with van der Waals surface area (Å²) in [5.41, 5.74) is 3.07. The van der Waals surface area contributed by atoms with Crippen molar-refractivity contribution < 1.29 is 14.5 Å². The first-order valence-electron chi connectivity index (χ1n) is 10.7. The van der Waals surface area contributed by atoms with Crippen LogP contribution in [0.5, 0.6) is 5.75 Å². The molecule has 0 spiro atoms. The minimum Gasteiger partial charge on any atom is -0.476 e. The molecule has 4 rings (SSSR count). The number of pyridine rings is 1. The number of rotatable bonds is 8. The molecular weight excluding hydrogens is 422 g/mol. The van der Waals surface area contributed by atoms with Gasteiger partial charge in [-0.1, -0.05) is 30.3 Å². The number of nitro groups is 1. The van der Waals surface area contributed by atoms with Gasteiger partial charge < -0.3 is 25.1 Å². The first-order chi connectivity index (χ1) is 16.1. The number of ether oxygens (including phenoxy) is 1. The second-order valence-electron chi connectivity index (χ2n) is 7.71. The highest BCUT2D eigenvalue weighted by Gasteiger charge is 2.18. The van der Waals surface area contributed by atoms with Crippen molar-refractivity contribution in [3.05, 3.63) is 88.6 Å². The van der Waals surface area contributed by atoms with E-state index in [1.807, 2.05) is 30.3 Å². The van der Waals surface area contributed by atoms with Crippen molar-refractivity contribution in [2.24, 2.45) is 0 Å². The van der Waals surface area contributed by atoms with Crippen LogP contribution in [0.15, 0.2) is 72.9 Å². The topological polar surface area (TPSA) is 101 Å². The molecule has 33 heavy (non-hydrogen) atoms. The molecule has 2 aromatic carbocycles. The lowest BCUT2D eigenvalue weighted by molar-refractivity contribution is -0.390. The Morgan fingerprint density at radius 2 is 1.73 bits per heavy atom. The van der Waals surface area contributed by atoms with E-state index >= 15 is 0 Å². The molecule has 3 aromatic rings. The van der Waals surface area contributed by atoms with Crippen molar-refractivity contribution in [2.45, 2.75) is 6.54 Å². The molecule has 170 valence electrons. The number of nitrogens with zero attached hydrogens (tertiary/aromatic N) is 4. The first-order valence-corrected chi connectivity index (χ1v) is 10.7. The van der Waals surface area contributed by atoms with Gasteiger partial charge in [-0.2, -0.15) is 0 Å². The van der Waals surface area contributed by atoms with Crippen LogP contribution in [-0.2, 0) is 11.3 Å². The molecule has 9 nitrogen and oxygen atoms in total. The van der Waals surface area contributed by atoms with Crippen molar-refractivity contribution in [3.8, 4) is 5.75 Å². The Balaban J connectivity index is 1.25. The third kappa shape index (κ3) is 6.05. The number of piperazine rings is 1. The Kier molecular flexibility index (Phi) is 7.11. The van der Waals surface area contributed by atoms with E-state index < -0.39 is 16.6 Å². The number of hydrogen-bond acceptors (Lipinski definition) is 7. The van der Waals surface area contributed by atoms with Crippen molar-refractivity contribution in [1.29, 1.82) is 0 Å². The second kappa shape index (κ2) is 10.6. The van der Waals surface area contributed by atoms with E-state index in [0.29, 0.717) is 5.69 Å². The highest BCUT2D eigenvalue weighted by atomic mass is 16.6. The molecule has 9 heteroatoms. The highest BCUT2D eigenvalue weighted by molar-refractivity contribution is 5.92. The molecule has 1 saturated heterocycles. The molecule has 1 aromatic heterocycles. The van der Waals surface area contributed by atoms with Crippen molar-refractivity contribution >= 4 is 23.1 Å². The molecule has 0 aliphatic carbocycles. The van der Waals surface area contributed by atoms with Crippen molar-refractivity contribution in [1.82, 2.24) is 9.88 Å². The summed E-state index contributed by atoms with van der Waals surface area (Å²) >= 11 is 0. The summed E-state index contributed by atoms with van der Waals surface area (Å²) in [6.45, 7) is 4.48. The summed E-state index contributed by atoms with van der Waals surface area (Å²) in [6, 6.07) is 21.1. The SMILES string of the molecule is O=C(COc1cccnc1[N+](=O)[O-])Nc1ccc(N2CCN(Cc3ccccc3)CC2)cc1. The lowest BCUT2D eigenvalue weighted by Crippen LogP contribution is -2.45. The summed E-state index contributed by atoms with van der Waals surface area (Å²) in [4.78, 5) is 31.0. The van der Waals surface area contributed by atoms with Gasteiger partial charge in [0.2, 0.25) is 5.75 Å². The van der Waals surface area contributed by atoms with E-state index in [1.54, 1.807) is 0 Å². The van der Waals surface area contributed by atoms with Gasteiger partial charge in [-0.15, -0.1) is 0 Å². The zero-order chi connectivity index (χ0) is 23.0. The van der Waals surface area contributed by atoms with E-state index in [9.17, 15) is 14.9 Å². The summed E-state index contributed by atoms with van der Waals surface area (Å²) in [5, 5.41) is 13.7. The molecule has 0 saturated carbocycles. The van der Waals surface area contributed by atoms with Gasteiger partial charge in [-0.05, 0) is 51.9 Å². The monoisotopic (exact) mass is 447 g/mol. The lowest BCUT2D eigenvalue weighted by Gasteiger charge is -2.36. The van der Waals surface area contributed by atoms with E-state index in [1.165, 1.54) is 23.9 Å². The molecule has 1 fully saturated rings. The third-order valence-electron chi connectivity index (χ3n) is 5.42. The summed E-state index contributed by atoms with van der Waals surface area (Å²) < 4.78 is 5.27. The minimum absolute atomic E-state index is 0.0422. The maximum atomic E-state index is 12.2. The number of nitrogens with one attached hydrogen (secondary N) is 1. The average molecular weight is 447 g/mol. The van der Waals surface area contributed by atoms with Gasteiger partial charge in [0, 0.05) is 44.1 Å². The van der Waals surface area contributed by atoms with Crippen LogP contribution in [0.1, 0.15) is 5.56 Å². The number of benzene rings is 2. The van der Waals surface area contributed by atoms with Gasteiger partial charge in [0.05, 0.1) is 0 Å². The Morgan fingerprint density at radius 3 is 2.42 bits per heavy atom. The Hall–Kier alpha value is -3.98. The molecule has 0 unspecified atom stereocenters. The number of aromatic nitrogens is 1. The zero-order valence-corrected chi connectivity index (χ0v) is 18.1. The van der Waals surface area contributed by atoms with E-state index in [4.69, 9.17) is 4.74 Å². The van der Waals surface area contributed by atoms with E-state index in [0.717, 1.165) is 38.4 Å². The van der Waals surface area contributed by atoms with Crippen LogP contribution in [0, 0.1) is 10.1 Å². The highest BCUT2D eigenvalue weighted by Crippen LogP contribution is 2.23. The van der Waals surface area contributed by atoms with E-state index in [-0.39, 0.29) is 12.4 Å². The standard InChI is InChI=1S/C24H25N5O4/c30-23(18-33-22-7-4-12-25-24(22)29(31)32)26-20-8-10-21(11-9-20)28-15-13-27(14-16-28)17-19-5-2-1-3-6-19/h1-12H,13-18H2,(H,26,30). The van der Waals surface area contributed by atoms with Gasteiger partial charge in [0.1, 0.15) is 6.20 Å². The molecule has 2 heterocycles. The predicted molar refractivity (Wildman–Crippen MR) is 125 cm³/mol. The fourth-order valence-electron chi connectivity index (χ4n) is 3.73. The molecule has 1 aliphatic heterocycles. The summed E-state index contributed by atoms with van der Waals surface area (Å²) in [7, 11) is 0. The van der Waals surface area contributed by atoms with Crippen LogP contribution in [0.2, 0.25) is 0 Å².